The zero-order chi connectivity index (χ0) is 16.9. The molecule has 122 valence electrons. The molecule has 0 fully saturated rings. The predicted molar refractivity (Wildman–Crippen MR) is 112 cm³/mol. The average Bonchev–Trinajstić information content (AvgIpc) is 2.54. The van der Waals surface area contributed by atoms with E-state index in [0.717, 1.165) is 0 Å². The van der Waals surface area contributed by atoms with E-state index in [9.17, 15) is 0 Å². The fourth-order valence-electron chi connectivity index (χ4n) is 2.19. The van der Waals surface area contributed by atoms with E-state index in [1.54, 1.807) is 0 Å². The maximum atomic E-state index is 6.28. The number of rotatable bonds is 6. The average molecular weight is 362 g/mol. The van der Waals surface area contributed by atoms with Crippen molar-refractivity contribution in [3.63, 3.8) is 0 Å². The summed E-state index contributed by atoms with van der Waals surface area (Å²) in [7, 11) is 0. The molecule has 0 aliphatic heterocycles. The SMILES string of the molecule is CC(C)N=CC(C)(C)SP(=S)(c1ccccc1)c1ccccc1. The Bertz CT molecular complexity index is 650. The molecule has 0 aromatic heterocycles. The number of benzene rings is 2. The Balaban J connectivity index is 2.46. The summed E-state index contributed by atoms with van der Waals surface area (Å²) in [5.74, 6) is 0. The van der Waals surface area contributed by atoms with Crippen LogP contribution in [-0.2, 0) is 11.8 Å². The largest absolute Gasteiger partial charge is 0.293 e. The minimum atomic E-state index is -1.95. The highest BCUT2D eigenvalue weighted by Gasteiger charge is 2.30. The number of nitrogens with zero attached hydrogens (tertiary/aromatic N) is 1. The first-order chi connectivity index (χ1) is 10.8. The molecule has 0 saturated carbocycles. The molecule has 0 spiro atoms. The minimum Gasteiger partial charge on any atom is -0.293 e. The van der Waals surface area contributed by atoms with Crippen LogP contribution in [0.15, 0.2) is 65.7 Å². The molecule has 0 aliphatic rings. The van der Waals surface area contributed by atoms with Gasteiger partial charge in [-0.3, -0.25) is 4.99 Å². The standard InChI is InChI=1S/C19H24NPS2/c1-16(2)20-15-19(3,4)23-21(22,17-11-7-5-8-12-17)18-13-9-6-10-14-18/h5-16H,1-4H3. The molecule has 2 aromatic carbocycles. The van der Waals surface area contributed by atoms with Crippen LogP contribution in [0.1, 0.15) is 27.7 Å². The maximum absolute atomic E-state index is 6.28. The second-order valence-corrected chi connectivity index (χ2v) is 14.2. The van der Waals surface area contributed by atoms with Gasteiger partial charge in [0.25, 0.3) is 0 Å². The van der Waals surface area contributed by atoms with Crippen molar-refractivity contribution in [2.45, 2.75) is 38.5 Å². The molecule has 0 bridgehead atoms. The summed E-state index contributed by atoms with van der Waals surface area (Å²) in [5.41, 5.74) is 0. The summed E-state index contributed by atoms with van der Waals surface area (Å²) in [5, 5.41) is 0.548. The summed E-state index contributed by atoms with van der Waals surface area (Å²) in [6.45, 7) is 8.61. The highest BCUT2D eigenvalue weighted by Crippen LogP contribution is 2.61. The summed E-state index contributed by atoms with van der Waals surface area (Å²) >= 11 is 8.15. The molecule has 2 aromatic rings. The fourth-order valence-corrected chi connectivity index (χ4v) is 10.5. The third-order valence-corrected chi connectivity index (χ3v) is 11.4. The summed E-state index contributed by atoms with van der Waals surface area (Å²) in [6, 6.07) is 21.4. The van der Waals surface area contributed by atoms with Crippen molar-refractivity contribution in [3.05, 3.63) is 60.7 Å². The van der Waals surface area contributed by atoms with Gasteiger partial charge in [0.2, 0.25) is 0 Å². The lowest BCUT2D eigenvalue weighted by molar-refractivity contribution is 0.825. The van der Waals surface area contributed by atoms with Crippen LogP contribution in [0, 0.1) is 0 Å². The smallest absolute Gasteiger partial charge is 0.0621 e. The van der Waals surface area contributed by atoms with Crippen LogP contribution < -0.4 is 10.6 Å². The van der Waals surface area contributed by atoms with E-state index in [-0.39, 0.29) is 4.75 Å². The van der Waals surface area contributed by atoms with E-state index in [4.69, 9.17) is 11.8 Å². The van der Waals surface area contributed by atoms with Crippen molar-refractivity contribution < 1.29 is 0 Å². The van der Waals surface area contributed by atoms with Gasteiger partial charge in [0.15, 0.2) is 0 Å². The van der Waals surface area contributed by atoms with Gasteiger partial charge in [0.1, 0.15) is 0 Å². The van der Waals surface area contributed by atoms with Crippen LogP contribution in [0.25, 0.3) is 0 Å². The molecule has 0 heterocycles. The van der Waals surface area contributed by atoms with E-state index in [2.05, 4.69) is 87.4 Å². The zero-order valence-electron chi connectivity index (χ0n) is 14.1. The van der Waals surface area contributed by atoms with Crippen molar-refractivity contribution in [2.24, 2.45) is 4.99 Å². The lowest BCUT2D eigenvalue weighted by Crippen LogP contribution is -2.23. The van der Waals surface area contributed by atoms with Gasteiger partial charge < -0.3 is 0 Å². The van der Waals surface area contributed by atoms with Crippen LogP contribution in [0.4, 0.5) is 0 Å². The first-order valence-corrected chi connectivity index (χ1v) is 12.0. The van der Waals surface area contributed by atoms with E-state index in [0.29, 0.717) is 6.04 Å². The van der Waals surface area contributed by atoms with Gasteiger partial charge in [0.05, 0.1) is 9.99 Å². The molecule has 0 amide bonds. The topological polar surface area (TPSA) is 12.4 Å². The molecule has 2 rings (SSSR count). The fraction of sp³-hybridized carbons (Fsp3) is 0.316. The second-order valence-electron chi connectivity index (χ2n) is 6.29. The van der Waals surface area contributed by atoms with Crippen LogP contribution in [0.5, 0.6) is 0 Å². The quantitative estimate of drug-likeness (QED) is 0.529. The molecular weight excluding hydrogens is 337 g/mol. The zero-order valence-corrected chi connectivity index (χ0v) is 16.7. The Hall–Kier alpha value is -0.890. The van der Waals surface area contributed by atoms with Gasteiger partial charge in [-0.05, 0) is 38.3 Å². The number of hydrogen-bond donors (Lipinski definition) is 0. The molecule has 0 unspecified atom stereocenters. The Morgan fingerprint density at radius 2 is 1.39 bits per heavy atom. The van der Waals surface area contributed by atoms with Crippen molar-refractivity contribution in [1.29, 1.82) is 0 Å². The monoisotopic (exact) mass is 361 g/mol. The van der Waals surface area contributed by atoms with Gasteiger partial charge in [-0.25, -0.2) is 0 Å². The Morgan fingerprint density at radius 3 is 1.78 bits per heavy atom. The van der Waals surface area contributed by atoms with Crippen molar-refractivity contribution >= 4 is 45.3 Å². The molecule has 0 aliphatic carbocycles. The van der Waals surface area contributed by atoms with Crippen molar-refractivity contribution in [2.75, 3.05) is 0 Å². The van der Waals surface area contributed by atoms with Crippen molar-refractivity contribution in [3.8, 4) is 0 Å². The third kappa shape index (κ3) is 5.04. The van der Waals surface area contributed by atoms with Crippen LogP contribution in [0.2, 0.25) is 0 Å². The molecule has 0 radical (unpaired) electrons. The first kappa shape index (κ1) is 18.4. The molecule has 1 nitrogen and oxygen atoms in total. The third-order valence-electron chi connectivity index (χ3n) is 3.24. The summed E-state index contributed by atoms with van der Waals surface area (Å²) in [6.07, 6.45) is 2.06. The van der Waals surface area contributed by atoms with Gasteiger partial charge in [-0.15, -0.1) is 11.4 Å². The number of aliphatic imine (C=N–C) groups is 1. The predicted octanol–water partition coefficient (Wildman–Crippen LogP) is 5.02. The Kier molecular flexibility index (Phi) is 6.25. The normalized spacial score (nSPS) is 12.9. The molecule has 0 saturated heterocycles. The van der Waals surface area contributed by atoms with Crippen molar-refractivity contribution in [1.82, 2.24) is 0 Å². The van der Waals surface area contributed by atoms with Crippen LogP contribution in [-0.4, -0.2) is 17.0 Å². The molecule has 4 heteroatoms. The second kappa shape index (κ2) is 7.79. The van der Waals surface area contributed by atoms with E-state index in [1.807, 2.05) is 23.5 Å². The Labute approximate surface area is 149 Å². The molecular formula is C19H24NPS2. The van der Waals surface area contributed by atoms with E-state index < -0.39 is 5.24 Å². The first-order valence-electron chi connectivity index (χ1n) is 7.80. The van der Waals surface area contributed by atoms with E-state index >= 15 is 0 Å². The lowest BCUT2D eigenvalue weighted by Gasteiger charge is -2.30. The highest BCUT2D eigenvalue weighted by molar-refractivity contribution is 8.75. The van der Waals surface area contributed by atoms with Gasteiger partial charge >= 0.3 is 0 Å². The molecule has 0 N–H and O–H groups in total. The van der Waals surface area contributed by atoms with Gasteiger partial charge in [-0.2, -0.15) is 0 Å². The Morgan fingerprint density at radius 1 is 0.957 bits per heavy atom. The van der Waals surface area contributed by atoms with Crippen LogP contribution in [0.3, 0.4) is 0 Å². The summed E-state index contributed by atoms with van der Waals surface area (Å²) < 4.78 is -0.106. The van der Waals surface area contributed by atoms with Gasteiger partial charge in [-0.1, -0.05) is 72.5 Å². The highest BCUT2D eigenvalue weighted by atomic mass is 32.9. The molecule has 23 heavy (non-hydrogen) atoms. The molecule has 0 atom stereocenters. The van der Waals surface area contributed by atoms with Crippen LogP contribution >= 0.6 is 16.6 Å². The van der Waals surface area contributed by atoms with E-state index in [1.165, 1.54) is 10.6 Å². The maximum Gasteiger partial charge on any atom is 0.0621 e. The number of hydrogen-bond acceptors (Lipinski definition) is 3. The minimum absolute atomic E-state index is 0.106. The summed E-state index contributed by atoms with van der Waals surface area (Å²) in [4.78, 5) is 4.59. The van der Waals surface area contributed by atoms with Gasteiger partial charge in [0, 0.05) is 12.3 Å². The lowest BCUT2D eigenvalue weighted by atomic mass is 10.2.